The molecule has 2 aliphatic rings. The van der Waals surface area contributed by atoms with Crippen LogP contribution in [0.25, 0.3) is 5.65 Å². The number of fused-ring (bicyclic) bond motifs is 2. The van der Waals surface area contributed by atoms with Gasteiger partial charge in [0.15, 0.2) is 17.1 Å². The van der Waals surface area contributed by atoms with Crippen LogP contribution in [0.2, 0.25) is 0 Å². The van der Waals surface area contributed by atoms with Crippen molar-refractivity contribution >= 4 is 39.1 Å². The minimum atomic E-state index is -0.139. The standard InChI is InChI=1S/C25H24BrN7O3/c26-19-13-29-33-23(28-12-16-3-1-7-27-11-16)10-20(31-24(19)33)17-4-2-8-32(14-17)25(34)30-18-5-6-21-22(9-18)36-15-35-21/h1,3,5-7,9-11,13,17,28H,2,4,8,12,14-15H2,(H,30,34). The molecule has 4 aromatic rings. The first kappa shape index (κ1) is 22.6. The molecule has 1 saturated heterocycles. The lowest BCUT2D eigenvalue weighted by Crippen LogP contribution is -2.41. The molecular weight excluding hydrogens is 526 g/mol. The number of rotatable bonds is 5. The van der Waals surface area contributed by atoms with E-state index in [1.807, 2.05) is 35.4 Å². The van der Waals surface area contributed by atoms with Gasteiger partial charge in [-0.3, -0.25) is 4.98 Å². The number of carbonyl (C=O) groups is 1. The Morgan fingerprint density at radius 3 is 2.97 bits per heavy atom. The molecule has 1 fully saturated rings. The van der Waals surface area contributed by atoms with E-state index in [1.165, 1.54) is 0 Å². The second-order valence-corrected chi connectivity index (χ2v) is 9.65. The van der Waals surface area contributed by atoms with E-state index in [2.05, 4.69) is 36.6 Å². The molecule has 10 nitrogen and oxygen atoms in total. The van der Waals surface area contributed by atoms with Crippen LogP contribution in [0.3, 0.4) is 0 Å². The van der Waals surface area contributed by atoms with Crippen LogP contribution in [0.4, 0.5) is 16.3 Å². The van der Waals surface area contributed by atoms with Crippen LogP contribution in [-0.2, 0) is 6.54 Å². The molecule has 1 unspecified atom stereocenters. The highest BCUT2D eigenvalue weighted by molar-refractivity contribution is 9.10. The number of piperidine rings is 1. The molecule has 0 aliphatic carbocycles. The zero-order valence-electron chi connectivity index (χ0n) is 19.4. The largest absolute Gasteiger partial charge is 0.454 e. The van der Waals surface area contributed by atoms with Crippen LogP contribution in [-0.4, -0.2) is 50.4 Å². The maximum Gasteiger partial charge on any atom is 0.321 e. The van der Waals surface area contributed by atoms with Gasteiger partial charge in [0.25, 0.3) is 0 Å². The molecule has 0 spiro atoms. The Kier molecular flexibility index (Phi) is 6.06. The van der Waals surface area contributed by atoms with Crippen LogP contribution < -0.4 is 20.1 Å². The van der Waals surface area contributed by atoms with Gasteiger partial charge in [-0.15, -0.1) is 0 Å². The highest BCUT2D eigenvalue weighted by Crippen LogP contribution is 2.35. The van der Waals surface area contributed by atoms with Crippen molar-refractivity contribution in [1.29, 1.82) is 0 Å². The number of carbonyl (C=O) groups excluding carboxylic acids is 1. The van der Waals surface area contributed by atoms with Crippen molar-refractivity contribution in [2.45, 2.75) is 25.3 Å². The second kappa shape index (κ2) is 9.65. The number of hydrogen-bond acceptors (Lipinski definition) is 7. The molecule has 11 heteroatoms. The number of benzene rings is 1. The first-order valence-corrected chi connectivity index (χ1v) is 12.6. The van der Waals surface area contributed by atoms with Gasteiger partial charge in [-0.05, 0) is 52.5 Å². The fourth-order valence-electron chi connectivity index (χ4n) is 4.57. The van der Waals surface area contributed by atoms with Crippen LogP contribution >= 0.6 is 15.9 Å². The van der Waals surface area contributed by atoms with E-state index in [0.717, 1.165) is 40.0 Å². The lowest BCUT2D eigenvalue weighted by Gasteiger charge is -2.32. The van der Waals surface area contributed by atoms with Crippen molar-refractivity contribution in [1.82, 2.24) is 24.5 Å². The third-order valence-corrected chi connectivity index (χ3v) is 6.96. The molecule has 6 rings (SSSR count). The minimum Gasteiger partial charge on any atom is -0.454 e. The Labute approximate surface area is 215 Å². The summed E-state index contributed by atoms with van der Waals surface area (Å²) in [6.07, 6.45) is 7.18. The summed E-state index contributed by atoms with van der Waals surface area (Å²) in [7, 11) is 0. The third-order valence-electron chi connectivity index (χ3n) is 6.40. The lowest BCUT2D eigenvalue weighted by atomic mass is 9.94. The van der Waals surface area contributed by atoms with Crippen molar-refractivity contribution in [3.05, 3.63) is 70.7 Å². The molecular formula is C25H24BrN7O3. The first-order chi connectivity index (χ1) is 17.6. The highest BCUT2D eigenvalue weighted by atomic mass is 79.9. The van der Waals surface area contributed by atoms with Crippen molar-refractivity contribution in [3.8, 4) is 11.5 Å². The molecule has 2 aliphatic heterocycles. The Hall–Kier alpha value is -3.86. The number of anilines is 2. The first-order valence-electron chi connectivity index (χ1n) is 11.8. The zero-order chi connectivity index (χ0) is 24.5. The highest BCUT2D eigenvalue weighted by Gasteiger charge is 2.27. The number of pyridine rings is 1. The number of hydrogen-bond donors (Lipinski definition) is 2. The molecule has 0 saturated carbocycles. The predicted octanol–water partition coefficient (Wildman–Crippen LogP) is 4.64. The van der Waals surface area contributed by atoms with E-state index in [0.29, 0.717) is 36.8 Å². The number of nitrogens with one attached hydrogen (secondary N) is 2. The molecule has 36 heavy (non-hydrogen) atoms. The Morgan fingerprint density at radius 1 is 1.17 bits per heavy atom. The maximum absolute atomic E-state index is 13.1. The van der Waals surface area contributed by atoms with E-state index < -0.39 is 0 Å². The van der Waals surface area contributed by atoms with Crippen molar-refractivity contribution in [2.24, 2.45) is 0 Å². The van der Waals surface area contributed by atoms with Gasteiger partial charge >= 0.3 is 6.03 Å². The molecule has 0 bridgehead atoms. The molecule has 2 amide bonds. The van der Waals surface area contributed by atoms with Gasteiger partial charge in [-0.1, -0.05) is 6.07 Å². The summed E-state index contributed by atoms with van der Waals surface area (Å²) in [5.41, 5.74) is 3.41. The summed E-state index contributed by atoms with van der Waals surface area (Å²) < 4.78 is 13.4. The number of aromatic nitrogens is 4. The molecule has 5 heterocycles. The smallest absolute Gasteiger partial charge is 0.321 e. The minimum absolute atomic E-state index is 0.104. The number of likely N-dealkylation sites (tertiary alicyclic amines) is 1. The van der Waals surface area contributed by atoms with Gasteiger partial charge in [0.05, 0.1) is 16.4 Å². The summed E-state index contributed by atoms with van der Waals surface area (Å²) in [6.45, 7) is 2.08. The van der Waals surface area contributed by atoms with E-state index >= 15 is 0 Å². The van der Waals surface area contributed by atoms with E-state index in [1.54, 1.807) is 29.0 Å². The third kappa shape index (κ3) is 4.53. The number of halogens is 1. The van der Waals surface area contributed by atoms with Gasteiger partial charge in [-0.25, -0.2) is 9.78 Å². The summed E-state index contributed by atoms with van der Waals surface area (Å²) in [4.78, 5) is 24.0. The SMILES string of the molecule is O=C(Nc1ccc2c(c1)OCO2)N1CCCC(c2cc(NCc3cccnc3)n3ncc(Br)c3n2)C1. The number of urea groups is 1. The summed E-state index contributed by atoms with van der Waals surface area (Å²) in [5.74, 6) is 2.27. The monoisotopic (exact) mass is 549 g/mol. The Morgan fingerprint density at radius 2 is 2.08 bits per heavy atom. The molecule has 1 aromatic carbocycles. The average molecular weight is 550 g/mol. The summed E-state index contributed by atoms with van der Waals surface area (Å²) >= 11 is 3.57. The van der Waals surface area contributed by atoms with Gasteiger partial charge in [0.1, 0.15) is 5.82 Å². The molecule has 1 atom stereocenters. The number of nitrogens with zero attached hydrogens (tertiary/aromatic N) is 5. The van der Waals surface area contributed by atoms with Crippen LogP contribution in [0, 0.1) is 0 Å². The Bertz CT molecular complexity index is 1410. The van der Waals surface area contributed by atoms with E-state index in [9.17, 15) is 4.79 Å². The maximum atomic E-state index is 13.1. The van der Waals surface area contributed by atoms with Crippen LogP contribution in [0.5, 0.6) is 11.5 Å². The number of amides is 2. The van der Waals surface area contributed by atoms with Crippen molar-refractivity contribution < 1.29 is 14.3 Å². The van der Waals surface area contributed by atoms with Crippen molar-refractivity contribution in [3.63, 3.8) is 0 Å². The zero-order valence-corrected chi connectivity index (χ0v) is 20.9. The normalized spacial score (nSPS) is 16.8. The number of ether oxygens (including phenoxy) is 2. The molecule has 2 N–H and O–H groups in total. The molecule has 184 valence electrons. The van der Waals surface area contributed by atoms with Gasteiger partial charge in [0.2, 0.25) is 6.79 Å². The van der Waals surface area contributed by atoms with Gasteiger partial charge in [0, 0.05) is 55.8 Å². The van der Waals surface area contributed by atoms with Gasteiger partial charge in [-0.2, -0.15) is 9.61 Å². The van der Waals surface area contributed by atoms with Crippen LogP contribution in [0.15, 0.2) is 59.5 Å². The van der Waals surface area contributed by atoms with Gasteiger partial charge < -0.3 is 25.0 Å². The summed E-state index contributed by atoms with van der Waals surface area (Å²) in [6, 6.07) is 11.2. The molecule has 3 aromatic heterocycles. The second-order valence-electron chi connectivity index (χ2n) is 8.79. The molecule has 0 radical (unpaired) electrons. The fourth-order valence-corrected chi connectivity index (χ4v) is 4.91. The van der Waals surface area contributed by atoms with E-state index in [-0.39, 0.29) is 18.7 Å². The quantitative estimate of drug-likeness (QED) is 0.373. The fraction of sp³-hybridized carbons (Fsp3) is 0.280. The van der Waals surface area contributed by atoms with Crippen LogP contribution in [0.1, 0.15) is 30.0 Å². The lowest BCUT2D eigenvalue weighted by molar-refractivity contribution is 0.174. The Balaban J connectivity index is 1.20. The topological polar surface area (TPSA) is 106 Å². The van der Waals surface area contributed by atoms with Crippen molar-refractivity contribution in [2.75, 3.05) is 30.5 Å². The predicted molar refractivity (Wildman–Crippen MR) is 137 cm³/mol. The average Bonchev–Trinajstić information content (AvgIpc) is 3.54. The van der Waals surface area contributed by atoms with E-state index in [4.69, 9.17) is 14.5 Å². The summed E-state index contributed by atoms with van der Waals surface area (Å²) in [5, 5.41) is 10.9.